The number of ether oxygens (including phenoxy) is 1. The molecule has 2 rings (SSSR count). The first-order chi connectivity index (χ1) is 8.70. The van der Waals surface area contributed by atoms with Crippen molar-refractivity contribution < 1.29 is 4.74 Å². The Bertz CT molecular complexity index is 490. The summed E-state index contributed by atoms with van der Waals surface area (Å²) in [5.41, 5.74) is 8.70. The summed E-state index contributed by atoms with van der Waals surface area (Å²) in [4.78, 5) is 0. The molecule has 0 saturated carbocycles. The molecular weight excluding hydrogens is 226 g/mol. The highest BCUT2D eigenvalue weighted by atomic mass is 16.5. The SMILES string of the molecule is COCCC(C)n1cc(-c2ccc(N)cc2)cn1. The Labute approximate surface area is 107 Å². The molecule has 0 amide bonds. The third-order valence-electron chi connectivity index (χ3n) is 3.04. The maximum absolute atomic E-state index is 5.68. The highest BCUT2D eigenvalue weighted by Gasteiger charge is 2.07. The zero-order valence-corrected chi connectivity index (χ0v) is 10.8. The Morgan fingerprint density at radius 1 is 1.28 bits per heavy atom. The summed E-state index contributed by atoms with van der Waals surface area (Å²) in [6.45, 7) is 2.89. The number of hydrogen-bond acceptors (Lipinski definition) is 3. The van der Waals surface area contributed by atoms with Crippen LogP contribution in [-0.4, -0.2) is 23.5 Å². The van der Waals surface area contributed by atoms with E-state index in [1.54, 1.807) is 7.11 Å². The van der Waals surface area contributed by atoms with Crippen molar-refractivity contribution in [3.63, 3.8) is 0 Å². The summed E-state index contributed by atoms with van der Waals surface area (Å²) in [6, 6.07) is 8.17. The molecule has 1 unspecified atom stereocenters. The van der Waals surface area contributed by atoms with E-state index in [-0.39, 0.29) is 0 Å². The van der Waals surface area contributed by atoms with Crippen molar-refractivity contribution in [1.29, 1.82) is 0 Å². The third-order valence-corrected chi connectivity index (χ3v) is 3.04. The molecule has 18 heavy (non-hydrogen) atoms. The third kappa shape index (κ3) is 2.90. The standard InChI is InChI=1S/C14H19N3O/c1-11(7-8-18-2)17-10-13(9-16-17)12-3-5-14(15)6-4-12/h3-6,9-11H,7-8,15H2,1-2H3. The molecule has 0 bridgehead atoms. The van der Waals surface area contributed by atoms with Gasteiger partial charge >= 0.3 is 0 Å². The Morgan fingerprint density at radius 2 is 2.00 bits per heavy atom. The van der Waals surface area contributed by atoms with Crippen LogP contribution in [0, 0.1) is 0 Å². The van der Waals surface area contributed by atoms with Crippen LogP contribution in [0.4, 0.5) is 5.69 Å². The van der Waals surface area contributed by atoms with Crippen LogP contribution in [0.25, 0.3) is 11.1 Å². The van der Waals surface area contributed by atoms with E-state index in [1.165, 1.54) is 0 Å². The molecule has 1 heterocycles. The van der Waals surface area contributed by atoms with E-state index in [9.17, 15) is 0 Å². The van der Waals surface area contributed by atoms with Crippen molar-refractivity contribution in [2.75, 3.05) is 19.5 Å². The maximum Gasteiger partial charge on any atom is 0.0568 e. The summed E-state index contributed by atoms with van der Waals surface area (Å²) in [7, 11) is 1.72. The second-order valence-corrected chi connectivity index (χ2v) is 4.46. The van der Waals surface area contributed by atoms with E-state index in [1.807, 2.05) is 35.1 Å². The predicted octanol–water partition coefficient (Wildman–Crippen LogP) is 2.73. The maximum atomic E-state index is 5.68. The largest absolute Gasteiger partial charge is 0.399 e. The van der Waals surface area contributed by atoms with Crippen LogP contribution in [0.1, 0.15) is 19.4 Å². The molecule has 0 spiro atoms. The lowest BCUT2D eigenvalue weighted by molar-refractivity contribution is 0.178. The van der Waals surface area contributed by atoms with Crippen molar-refractivity contribution in [2.24, 2.45) is 0 Å². The van der Waals surface area contributed by atoms with Gasteiger partial charge in [-0.25, -0.2) is 0 Å². The van der Waals surface area contributed by atoms with Gasteiger partial charge in [0.2, 0.25) is 0 Å². The number of aromatic nitrogens is 2. The van der Waals surface area contributed by atoms with Crippen LogP contribution in [0.5, 0.6) is 0 Å². The molecule has 1 atom stereocenters. The molecule has 0 radical (unpaired) electrons. The fourth-order valence-corrected chi connectivity index (χ4v) is 1.82. The number of nitrogens with two attached hydrogens (primary N) is 1. The van der Waals surface area contributed by atoms with E-state index in [0.717, 1.165) is 29.8 Å². The number of benzene rings is 1. The second-order valence-electron chi connectivity index (χ2n) is 4.46. The van der Waals surface area contributed by atoms with Crippen LogP contribution in [0.15, 0.2) is 36.7 Å². The molecular formula is C14H19N3O. The summed E-state index contributed by atoms with van der Waals surface area (Å²) < 4.78 is 7.06. The lowest BCUT2D eigenvalue weighted by atomic mass is 10.1. The number of nitrogen functional groups attached to an aromatic ring is 1. The molecule has 4 nitrogen and oxygen atoms in total. The predicted molar refractivity (Wildman–Crippen MR) is 73.3 cm³/mol. The molecule has 1 aromatic heterocycles. The molecule has 0 aliphatic carbocycles. The summed E-state index contributed by atoms with van der Waals surface area (Å²) in [6.07, 6.45) is 4.90. The minimum atomic E-state index is 0.340. The van der Waals surface area contributed by atoms with E-state index >= 15 is 0 Å². The molecule has 0 aliphatic rings. The monoisotopic (exact) mass is 245 g/mol. The highest BCUT2D eigenvalue weighted by molar-refractivity contribution is 5.63. The Hall–Kier alpha value is -1.81. The number of anilines is 1. The van der Waals surface area contributed by atoms with Crippen LogP contribution in [-0.2, 0) is 4.74 Å². The Balaban J connectivity index is 2.12. The zero-order valence-electron chi connectivity index (χ0n) is 10.8. The van der Waals surface area contributed by atoms with Crippen molar-refractivity contribution in [1.82, 2.24) is 9.78 Å². The lowest BCUT2D eigenvalue weighted by Crippen LogP contribution is -2.07. The van der Waals surface area contributed by atoms with Gasteiger partial charge in [-0.1, -0.05) is 12.1 Å². The summed E-state index contributed by atoms with van der Waals surface area (Å²) in [5, 5.41) is 4.40. The quantitative estimate of drug-likeness (QED) is 0.824. The molecule has 96 valence electrons. The first kappa shape index (κ1) is 12.6. The van der Waals surface area contributed by atoms with Gasteiger partial charge in [0.25, 0.3) is 0 Å². The average molecular weight is 245 g/mol. The van der Waals surface area contributed by atoms with Crippen LogP contribution < -0.4 is 5.73 Å². The van der Waals surface area contributed by atoms with E-state index in [2.05, 4.69) is 18.2 Å². The van der Waals surface area contributed by atoms with Crippen molar-refractivity contribution >= 4 is 5.69 Å². The molecule has 0 saturated heterocycles. The van der Waals surface area contributed by atoms with Gasteiger partial charge in [-0.15, -0.1) is 0 Å². The minimum absolute atomic E-state index is 0.340. The molecule has 2 aromatic rings. The molecule has 2 N–H and O–H groups in total. The fraction of sp³-hybridized carbons (Fsp3) is 0.357. The molecule has 0 aliphatic heterocycles. The van der Waals surface area contributed by atoms with E-state index in [0.29, 0.717) is 6.04 Å². The van der Waals surface area contributed by atoms with Gasteiger partial charge in [0.05, 0.1) is 12.2 Å². The molecule has 0 fully saturated rings. The van der Waals surface area contributed by atoms with Crippen molar-refractivity contribution in [3.05, 3.63) is 36.7 Å². The fourth-order valence-electron chi connectivity index (χ4n) is 1.82. The van der Waals surface area contributed by atoms with Crippen LogP contribution >= 0.6 is 0 Å². The van der Waals surface area contributed by atoms with Gasteiger partial charge < -0.3 is 10.5 Å². The van der Waals surface area contributed by atoms with Gasteiger partial charge in [0, 0.05) is 31.2 Å². The van der Waals surface area contributed by atoms with Gasteiger partial charge in [-0.05, 0) is 31.0 Å². The number of rotatable bonds is 5. The Kier molecular flexibility index (Phi) is 3.99. The normalized spacial score (nSPS) is 12.6. The Morgan fingerprint density at radius 3 is 2.67 bits per heavy atom. The number of methoxy groups -OCH3 is 1. The molecule has 4 heteroatoms. The van der Waals surface area contributed by atoms with Crippen LogP contribution in [0.3, 0.4) is 0 Å². The van der Waals surface area contributed by atoms with Gasteiger partial charge in [0.1, 0.15) is 0 Å². The van der Waals surface area contributed by atoms with Gasteiger partial charge in [-0.3, -0.25) is 4.68 Å². The van der Waals surface area contributed by atoms with Crippen molar-refractivity contribution in [3.8, 4) is 11.1 Å². The number of hydrogen-bond donors (Lipinski definition) is 1. The average Bonchev–Trinajstić information content (AvgIpc) is 2.86. The smallest absolute Gasteiger partial charge is 0.0568 e. The van der Waals surface area contributed by atoms with Gasteiger partial charge in [0.15, 0.2) is 0 Å². The van der Waals surface area contributed by atoms with Crippen LogP contribution in [0.2, 0.25) is 0 Å². The van der Waals surface area contributed by atoms with Crippen molar-refractivity contribution in [2.45, 2.75) is 19.4 Å². The van der Waals surface area contributed by atoms with Gasteiger partial charge in [-0.2, -0.15) is 5.10 Å². The van der Waals surface area contributed by atoms with E-state index in [4.69, 9.17) is 10.5 Å². The zero-order chi connectivity index (χ0) is 13.0. The lowest BCUT2D eigenvalue weighted by Gasteiger charge is -2.10. The molecule has 1 aromatic carbocycles. The first-order valence-electron chi connectivity index (χ1n) is 6.09. The first-order valence-corrected chi connectivity index (χ1v) is 6.09. The summed E-state index contributed by atoms with van der Waals surface area (Å²) in [5.74, 6) is 0. The minimum Gasteiger partial charge on any atom is -0.399 e. The second kappa shape index (κ2) is 5.69. The summed E-state index contributed by atoms with van der Waals surface area (Å²) >= 11 is 0. The number of nitrogens with zero attached hydrogens (tertiary/aromatic N) is 2. The topological polar surface area (TPSA) is 53.1 Å². The van der Waals surface area contributed by atoms with E-state index < -0.39 is 0 Å². The highest BCUT2D eigenvalue weighted by Crippen LogP contribution is 2.21.